The number of aliphatic hydroxyl groups is 2. The number of amides is 1. The standard InChI is InChI=1S/C33H43NO8/c1-31-14-11-23(36)17-21(31)5-8-24-25-12-15-33(41,32(25,2)18-26(37)30(24)31)27(38)19-42-29(40)10-9-28(39)34-16-13-20-3-6-22(35)7-4-20/h3-4,6-7,17,24-26,30,35,37,41H,5,8-16,18-19H2,1-2H3,(H,34,39)/t24-,25+,26+,30-,31+,32-,33+/m1/s1. The predicted octanol–water partition coefficient (Wildman–Crippen LogP) is 3.18. The number of allylic oxidation sites excluding steroid dienone is 1. The van der Waals surface area contributed by atoms with E-state index in [0.29, 0.717) is 25.8 Å². The number of esters is 1. The summed E-state index contributed by atoms with van der Waals surface area (Å²) in [6, 6.07) is 6.69. The average Bonchev–Trinajstić information content (AvgIpc) is 3.22. The van der Waals surface area contributed by atoms with Crippen molar-refractivity contribution in [2.24, 2.45) is 28.6 Å². The highest BCUT2D eigenvalue weighted by Crippen LogP contribution is 2.67. The third-order valence-corrected chi connectivity index (χ3v) is 11.1. The molecule has 42 heavy (non-hydrogen) atoms. The summed E-state index contributed by atoms with van der Waals surface area (Å²) in [6.45, 7) is 3.86. The van der Waals surface area contributed by atoms with Crippen LogP contribution in [0.1, 0.15) is 77.2 Å². The first-order valence-electron chi connectivity index (χ1n) is 15.3. The highest BCUT2D eigenvalue weighted by atomic mass is 16.5. The number of phenolic OH excluding ortho intramolecular Hbond substituents is 1. The van der Waals surface area contributed by atoms with Crippen molar-refractivity contribution in [2.45, 2.75) is 89.8 Å². The van der Waals surface area contributed by atoms with E-state index in [1.54, 1.807) is 30.3 Å². The summed E-state index contributed by atoms with van der Waals surface area (Å²) < 4.78 is 5.22. The zero-order valence-corrected chi connectivity index (χ0v) is 24.6. The van der Waals surface area contributed by atoms with Gasteiger partial charge in [-0.3, -0.25) is 19.2 Å². The third-order valence-electron chi connectivity index (χ3n) is 11.1. The van der Waals surface area contributed by atoms with Gasteiger partial charge in [0.2, 0.25) is 11.7 Å². The second kappa shape index (κ2) is 11.6. The summed E-state index contributed by atoms with van der Waals surface area (Å²) in [5.41, 5.74) is -0.733. The van der Waals surface area contributed by atoms with E-state index < -0.39 is 35.5 Å². The van der Waals surface area contributed by atoms with Gasteiger partial charge in [0.25, 0.3) is 0 Å². The average molecular weight is 582 g/mol. The Morgan fingerprint density at radius 3 is 2.52 bits per heavy atom. The molecule has 1 aromatic rings. The molecule has 0 heterocycles. The van der Waals surface area contributed by atoms with E-state index in [4.69, 9.17) is 4.74 Å². The zero-order valence-electron chi connectivity index (χ0n) is 24.6. The van der Waals surface area contributed by atoms with Crippen LogP contribution in [0.25, 0.3) is 0 Å². The monoisotopic (exact) mass is 581 g/mol. The minimum atomic E-state index is -1.71. The van der Waals surface area contributed by atoms with Crippen LogP contribution in [0.2, 0.25) is 0 Å². The van der Waals surface area contributed by atoms with Crippen molar-refractivity contribution in [1.82, 2.24) is 5.32 Å². The van der Waals surface area contributed by atoms with Gasteiger partial charge in [-0.05, 0) is 91.9 Å². The fourth-order valence-corrected chi connectivity index (χ4v) is 8.80. The Morgan fingerprint density at radius 1 is 1.05 bits per heavy atom. The Hall–Kier alpha value is -3.04. The molecule has 0 bridgehead atoms. The molecule has 3 saturated carbocycles. The van der Waals surface area contributed by atoms with Crippen LogP contribution in [-0.2, 0) is 30.3 Å². The molecule has 0 aromatic heterocycles. The molecule has 4 N–H and O–H groups in total. The molecule has 0 unspecified atom stereocenters. The van der Waals surface area contributed by atoms with Crippen molar-refractivity contribution in [2.75, 3.05) is 13.2 Å². The number of ether oxygens (including phenoxy) is 1. The Bertz CT molecular complexity index is 1270. The maximum atomic E-state index is 13.4. The molecule has 4 aliphatic carbocycles. The number of benzene rings is 1. The van der Waals surface area contributed by atoms with E-state index in [1.165, 1.54) is 0 Å². The lowest BCUT2D eigenvalue weighted by atomic mass is 9.45. The van der Waals surface area contributed by atoms with Gasteiger partial charge < -0.3 is 25.4 Å². The number of hydrogen-bond donors (Lipinski definition) is 4. The summed E-state index contributed by atoms with van der Waals surface area (Å²) >= 11 is 0. The van der Waals surface area contributed by atoms with E-state index in [1.807, 2.05) is 6.92 Å². The van der Waals surface area contributed by atoms with Crippen molar-refractivity contribution < 1.29 is 39.2 Å². The quantitative estimate of drug-likeness (QED) is 0.325. The van der Waals surface area contributed by atoms with Crippen LogP contribution < -0.4 is 5.32 Å². The fourth-order valence-electron chi connectivity index (χ4n) is 8.80. The number of carbonyl (C=O) groups excluding carboxylic acids is 4. The van der Waals surface area contributed by atoms with Gasteiger partial charge >= 0.3 is 5.97 Å². The molecule has 0 spiro atoms. The summed E-state index contributed by atoms with van der Waals surface area (Å²) in [4.78, 5) is 50.0. The van der Waals surface area contributed by atoms with Crippen LogP contribution in [0.3, 0.4) is 0 Å². The van der Waals surface area contributed by atoms with Crippen molar-refractivity contribution in [3.8, 4) is 5.75 Å². The van der Waals surface area contributed by atoms with Crippen LogP contribution in [0.15, 0.2) is 35.9 Å². The molecule has 9 heteroatoms. The number of aliphatic hydroxyl groups excluding tert-OH is 1. The van der Waals surface area contributed by atoms with E-state index in [0.717, 1.165) is 30.4 Å². The maximum absolute atomic E-state index is 13.4. The van der Waals surface area contributed by atoms with Gasteiger partial charge in [-0.25, -0.2) is 0 Å². The lowest BCUT2D eigenvalue weighted by Crippen LogP contribution is -2.62. The highest BCUT2D eigenvalue weighted by Gasteiger charge is 2.68. The third kappa shape index (κ3) is 5.41. The van der Waals surface area contributed by atoms with Gasteiger partial charge in [-0.2, -0.15) is 0 Å². The van der Waals surface area contributed by atoms with Crippen LogP contribution >= 0.6 is 0 Å². The number of fused-ring (bicyclic) bond motifs is 5. The normalized spacial score (nSPS) is 35.3. The number of nitrogens with one attached hydrogen (secondary N) is 1. The van der Waals surface area contributed by atoms with Gasteiger partial charge in [-0.1, -0.05) is 31.6 Å². The molecule has 9 nitrogen and oxygen atoms in total. The number of carbonyl (C=O) groups is 4. The molecular weight excluding hydrogens is 538 g/mol. The highest BCUT2D eigenvalue weighted by molar-refractivity contribution is 5.92. The lowest BCUT2D eigenvalue weighted by molar-refractivity contribution is -0.184. The molecule has 3 fully saturated rings. The molecule has 1 amide bonds. The molecular formula is C33H43NO8. The van der Waals surface area contributed by atoms with Crippen molar-refractivity contribution in [3.63, 3.8) is 0 Å². The topological polar surface area (TPSA) is 150 Å². The van der Waals surface area contributed by atoms with E-state index in [9.17, 15) is 34.5 Å². The second-order valence-corrected chi connectivity index (χ2v) is 13.3. The fraction of sp³-hybridized carbons (Fsp3) is 0.636. The molecule has 228 valence electrons. The second-order valence-electron chi connectivity index (χ2n) is 13.3. The van der Waals surface area contributed by atoms with Crippen molar-refractivity contribution >= 4 is 23.4 Å². The van der Waals surface area contributed by atoms with Crippen LogP contribution in [0.5, 0.6) is 5.75 Å². The summed E-state index contributed by atoms with van der Waals surface area (Å²) in [5.74, 6) is -1.08. The van der Waals surface area contributed by atoms with Gasteiger partial charge in [0.15, 0.2) is 12.4 Å². The Balaban J connectivity index is 1.13. The van der Waals surface area contributed by atoms with Crippen LogP contribution in [-0.4, -0.2) is 63.6 Å². The lowest BCUT2D eigenvalue weighted by Gasteiger charge is -2.60. The van der Waals surface area contributed by atoms with Gasteiger partial charge in [0.1, 0.15) is 11.4 Å². The van der Waals surface area contributed by atoms with E-state index in [2.05, 4.69) is 12.2 Å². The Kier molecular flexibility index (Phi) is 8.38. The summed E-state index contributed by atoms with van der Waals surface area (Å²) in [7, 11) is 0. The van der Waals surface area contributed by atoms with Crippen LogP contribution in [0.4, 0.5) is 0 Å². The minimum absolute atomic E-state index is 0.0220. The summed E-state index contributed by atoms with van der Waals surface area (Å²) in [6.07, 6.45) is 5.36. The number of ketones is 2. The van der Waals surface area contributed by atoms with Gasteiger partial charge in [0.05, 0.1) is 12.5 Å². The first-order chi connectivity index (χ1) is 19.9. The smallest absolute Gasteiger partial charge is 0.306 e. The number of aromatic hydroxyl groups is 1. The van der Waals surface area contributed by atoms with Crippen LogP contribution in [0, 0.1) is 28.6 Å². The number of rotatable bonds is 9. The largest absolute Gasteiger partial charge is 0.508 e. The first kappa shape index (κ1) is 30.4. The van der Waals surface area contributed by atoms with Gasteiger partial charge in [0, 0.05) is 24.8 Å². The molecule has 1 aromatic carbocycles. The molecule has 7 atom stereocenters. The molecule has 5 rings (SSSR count). The maximum Gasteiger partial charge on any atom is 0.306 e. The van der Waals surface area contributed by atoms with Crippen molar-refractivity contribution in [1.29, 1.82) is 0 Å². The van der Waals surface area contributed by atoms with E-state index in [-0.39, 0.29) is 66.3 Å². The van der Waals surface area contributed by atoms with Gasteiger partial charge in [-0.15, -0.1) is 0 Å². The Morgan fingerprint density at radius 2 is 1.79 bits per heavy atom. The Labute approximate surface area is 246 Å². The predicted molar refractivity (Wildman–Crippen MR) is 153 cm³/mol. The first-order valence-corrected chi connectivity index (χ1v) is 15.3. The van der Waals surface area contributed by atoms with E-state index >= 15 is 0 Å². The minimum Gasteiger partial charge on any atom is -0.508 e. The molecule has 0 saturated heterocycles. The SMILES string of the molecule is C[C@]12CCC(=O)C=C1CC[C@H]1[C@@H]2[C@@H](O)C[C@]2(C)[C@H]1CC[C@]2(O)C(=O)COC(=O)CCC(=O)NCCc1ccc(O)cc1. The number of hydrogen-bond acceptors (Lipinski definition) is 8. The summed E-state index contributed by atoms with van der Waals surface area (Å²) in [5, 5.41) is 35.4. The number of phenols is 1. The molecule has 0 aliphatic heterocycles. The van der Waals surface area contributed by atoms with Crippen molar-refractivity contribution in [3.05, 3.63) is 41.5 Å². The zero-order chi connectivity index (χ0) is 30.3. The molecule has 0 radical (unpaired) electrons. The number of Topliss-reactive ketones (excluding diaryl/α,β-unsaturated/α-hetero) is 1. The molecule has 4 aliphatic rings.